The van der Waals surface area contributed by atoms with Crippen LogP contribution >= 0.6 is 0 Å². The Hall–Kier alpha value is -4.14. The second-order valence-electron chi connectivity index (χ2n) is 10.7. The maximum atomic E-state index is 13.5. The van der Waals surface area contributed by atoms with Gasteiger partial charge in [-0.3, -0.25) is 4.79 Å². The molecule has 204 valence electrons. The number of esters is 1. The van der Waals surface area contributed by atoms with Crippen molar-refractivity contribution in [1.29, 1.82) is 0 Å². The largest absolute Gasteiger partial charge is 0.462 e. The van der Waals surface area contributed by atoms with E-state index in [1.54, 1.807) is 19.1 Å². The van der Waals surface area contributed by atoms with Gasteiger partial charge in [0.15, 0.2) is 0 Å². The fourth-order valence-electron chi connectivity index (χ4n) is 5.54. The SMILES string of the molecule is CCOC(=O)C1=CN(C(=O)c2ccc(F)cc2)CC(C)(C)c2c1[nH]c1cc(OC(=O)NC3CCCC3)ccc21. The predicted molar refractivity (Wildman–Crippen MR) is 145 cm³/mol. The van der Waals surface area contributed by atoms with Crippen LogP contribution in [0.15, 0.2) is 48.7 Å². The Morgan fingerprint density at radius 3 is 2.51 bits per heavy atom. The summed E-state index contributed by atoms with van der Waals surface area (Å²) in [6.07, 6.45) is 5.12. The molecule has 2 N–H and O–H groups in total. The molecule has 0 radical (unpaired) electrons. The molecule has 1 aromatic heterocycles. The zero-order valence-corrected chi connectivity index (χ0v) is 22.3. The van der Waals surface area contributed by atoms with E-state index in [0.29, 0.717) is 22.5 Å². The first-order valence-electron chi connectivity index (χ1n) is 13.3. The molecule has 0 unspecified atom stereocenters. The molecule has 8 nitrogen and oxygen atoms in total. The first-order chi connectivity index (χ1) is 18.7. The Morgan fingerprint density at radius 1 is 1.10 bits per heavy atom. The lowest BCUT2D eigenvalue weighted by molar-refractivity contribution is -0.136. The number of aromatic amines is 1. The van der Waals surface area contributed by atoms with Gasteiger partial charge in [-0.25, -0.2) is 14.0 Å². The van der Waals surface area contributed by atoms with E-state index < -0.39 is 23.3 Å². The van der Waals surface area contributed by atoms with Crippen molar-refractivity contribution in [1.82, 2.24) is 15.2 Å². The summed E-state index contributed by atoms with van der Waals surface area (Å²) in [6.45, 7) is 6.12. The number of H-pyrrole nitrogens is 1. The number of rotatable bonds is 5. The number of amides is 2. The second kappa shape index (κ2) is 10.6. The standard InChI is InChI=1S/C30H32FN3O5/c1-4-38-28(36)23-16-34(27(35)18-9-11-19(31)12-10-18)17-30(2,3)25-22-14-13-21(15-24(22)33-26(23)25)39-29(37)32-20-7-5-6-8-20/h9-16,20,33H,4-8,17H2,1-3H3,(H,32,37). The van der Waals surface area contributed by atoms with E-state index in [1.807, 2.05) is 19.9 Å². The van der Waals surface area contributed by atoms with Crippen molar-refractivity contribution in [3.05, 3.63) is 71.3 Å². The number of carbonyl (C=O) groups excluding carboxylic acids is 3. The van der Waals surface area contributed by atoms with Gasteiger partial charge in [-0.15, -0.1) is 0 Å². The molecule has 1 fully saturated rings. The Bertz CT molecular complexity index is 1450. The molecule has 1 aliphatic carbocycles. The van der Waals surface area contributed by atoms with Crippen molar-refractivity contribution in [2.75, 3.05) is 13.2 Å². The summed E-state index contributed by atoms with van der Waals surface area (Å²) < 4.78 is 24.4. The molecular formula is C30H32FN3O5. The summed E-state index contributed by atoms with van der Waals surface area (Å²) in [6, 6.07) is 10.8. The van der Waals surface area contributed by atoms with Crippen LogP contribution in [0.3, 0.4) is 0 Å². The average Bonchev–Trinajstić information content (AvgIpc) is 3.51. The highest BCUT2D eigenvalue weighted by Crippen LogP contribution is 2.41. The van der Waals surface area contributed by atoms with E-state index in [1.165, 1.54) is 35.4 Å². The molecule has 3 aromatic rings. The van der Waals surface area contributed by atoms with Crippen LogP contribution in [0.2, 0.25) is 0 Å². The predicted octanol–water partition coefficient (Wildman–Crippen LogP) is 5.68. The van der Waals surface area contributed by atoms with Crippen LogP contribution in [-0.4, -0.2) is 47.0 Å². The molecule has 5 rings (SSSR count). The Balaban J connectivity index is 1.53. The average molecular weight is 534 g/mol. The topological polar surface area (TPSA) is 101 Å². The first kappa shape index (κ1) is 26.5. The third-order valence-electron chi connectivity index (χ3n) is 7.30. The Morgan fingerprint density at radius 2 is 1.82 bits per heavy atom. The summed E-state index contributed by atoms with van der Waals surface area (Å²) in [7, 11) is 0. The molecule has 2 aromatic carbocycles. The number of fused-ring (bicyclic) bond motifs is 3. The van der Waals surface area contributed by atoms with Gasteiger partial charge >= 0.3 is 12.1 Å². The minimum absolute atomic E-state index is 0.140. The summed E-state index contributed by atoms with van der Waals surface area (Å²) in [5, 5.41) is 3.75. The van der Waals surface area contributed by atoms with Crippen LogP contribution in [0.1, 0.15) is 68.1 Å². The van der Waals surface area contributed by atoms with Crippen molar-refractivity contribution in [2.45, 2.75) is 57.9 Å². The highest BCUT2D eigenvalue weighted by Gasteiger charge is 2.37. The first-order valence-corrected chi connectivity index (χ1v) is 13.3. The lowest BCUT2D eigenvalue weighted by Gasteiger charge is -2.29. The van der Waals surface area contributed by atoms with Crippen LogP contribution in [0, 0.1) is 5.82 Å². The fraction of sp³-hybridized carbons (Fsp3) is 0.367. The molecule has 0 spiro atoms. The van der Waals surface area contributed by atoms with Crippen LogP contribution in [0.4, 0.5) is 9.18 Å². The monoisotopic (exact) mass is 533 g/mol. The number of nitrogens with one attached hydrogen (secondary N) is 2. The van der Waals surface area contributed by atoms with Gasteiger partial charge in [0.2, 0.25) is 0 Å². The van der Waals surface area contributed by atoms with Gasteiger partial charge in [0.05, 0.1) is 17.9 Å². The van der Waals surface area contributed by atoms with Gasteiger partial charge in [-0.05, 0) is 61.7 Å². The highest BCUT2D eigenvalue weighted by atomic mass is 19.1. The van der Waals surface area contributed by atoms with E-state index in [9.17, 15) is 18.8 Å². The number of ether oxygens (including phenoxy) is 2. The lowest BCUT2D eigenvalue weighted by atomic mass is 9.81. The van der Waals surface area contributed by atoms with Crippen molar-refractivity contribution in [2.24, 2.45) is 0 Å². The molecular weight excluding hydrogens is 501 g/mol. The van der Waals surface area contributed by atoms with E-state index in [-0.39, 0.29) is 30.7 Å². The van der Waals surface area contributed by atoms with Gasteiger partial charge in [-0.2, -0.15) is 0 Å². The van der Waals surface area contributed by atoms with Crippen molar-refractivity contribution in [3.8, 4) is 5.75 Å². The zero-order valence-electron chi connectivity index (χ0n) is 22.3. The quantitative estimate of drug-likeness (QED) is 0.411. The van der Waals surface area contributed by atoms with Crippen molar-refractivity contribution < 1.29 is 28.2 Å². The van der Waals surface area contributed by atoms with Crippen LogP contribution < -0.4 is 10.1 Å². The third-order valence-corrected chi connectivity index (χ3v) is 7.30. The normalized spacial score (nSPS) is 16.8. The number of aromatic nitrogens is 1. The van der Waals surface area contributed by atoms with E-state index >= 15 is 0 Å². The van der Waals surface area contributed by atoms with E-state index in [4.69, 9.17) is 9.47 Å². The number of carbonyl (C=O) groups is 3. The van der Waals surface area contributed by atoms with Crippen LogP contribution in [0.25, 0.3) is 16.5 Å². The number of hydrogen-bond acceptors (Lipinski definition) is 5. The molecule has 1 saturated carbocycles. The van der Waals surface area contributed by atoms with Gasteiger partial charge in [0.25, 0.3) is 5.91 Å². The molecule has 0 saturated heterocycles. The zero-order chi connectivity index (χ0) is 27.7. The van der Waals surface area contributed by atoms with Gasteiger partial charge < -0.3 is 24.7 Å². The minimum atomic E-state index is -0.601. The van der Waals surface area contributed by atoms with Crippen LogP contribution in [0.5, 0.6) is 5.75 Å². The van der Waals surface area contributed by atoms with E-state index in [0.717, 1.165) is 36.6 Å². The molecule has 9 heteroatoms. The molecule has 2 heterocycles. The van der Waals surface area contributed by atoms with Crippen molar-refractivity contribution >= 4 is 34.4 Å². The molecule has 1 aliphatic heterocycles. The molecule has 2 amide bonds. The van der Waals surface area contributed by atoms with E-state index in [2.05, 4.69) is 10.3 Å². The van der Waals surface area contributed by atoms with Gasteiger partial charge in [0, 0.05) is 46.7 Å². The number of hydrogen-bond donors (Lipinski definition) is 2. The summed E-state index contributed by atoms with van der Waals surface area (Å²) >= 11 is 0. The molecule has 0 bridgehead atoms. The van der Waals surface area contributed by atoms with Crippen molar-refractivity contribution in [3.63, 3.8) is 0 Å². The maximum Gasteiger partial charge on any atom is 0.412 e. The third kappa shape index (κ3) is 5.39. The lowest BCUT2D eigenvalue weighted by Crippen LogP contribution is -2.37. The van der Waals surface area contributed by atoms with Gasteiger partial charge in [0.1, 0.15) is 11.6 Å². The Labute approximate surface area is 226 Å². The number of halogens is 1. The maximum absolute atomic E-state index is 13.5. The second-order valence-corrected chi connectivity index (χ2v) is 10.7. The molecule has 39 heavy (non-hydrogen) atoms. The smallest absolute Gasteiger partial charge is 0.412 e. The van der Waals surface area contributed by atoms with Crippen LogP contribution in [-0.2, 0) is 14.9 Å². The Kier molecular flexibility index (Phi) is 7.16. The molecule has 2 aliphatic rings. The summed E-state index contributed by atoms with van der Waals surface area (Å²) in [5.74, 6) is -0.996. The fourth-order valence-corrected chi connectivity index (χ4v) is 5.54. The summed E-state index contributed by atoms with van der Waals surface area (Å²) in [5.41, 5.74) is 1.97. The number of benzene rings is 2. The minimum Gasteiger partial charge on any atom is -0.462 e. The number of nitrogens with zero attached hydrogens (tertiary/aromatic N) is 1. The highest BCUT2D eigenvalue weighted by molar-refractivity contribution is 6.18. The van der Waals surface area contributed by atoms with Gasteiger partial charge in [-0.1, -0.05) is 26.7 Å². The molecule has 0 atom stereocenters. The summed E-state index contributed by atoms with van der Waals surface area (Å²) in [4.78, 5) is 43.8.